The second kappa shape index (κ2) is 4.50. The van der Waals surface area contributed by atoms with Gasteiger partial charge in [-0.25, -0.2) is 9.89 Å². The summed E-state index contributed by atoms with van der Waals surface area (Å²) in [6.45, 7) is 0. The van der Waals surface area contributed by atoms with Gasteiger partial charge in [0.15, 0.2) is 0 Å². The molecule has 0 spiro atoms. The highest BCUT2D eigenvalue weighted by atomic mass is 16.7. The molecule has 92 valence electrons. The highest BCUT2D eigenvalue weighted by Gasteiger charge is 2.26. The first kappa shape index (κ1) is 11.5. The van der Waals surface area contributed by atoms with Gasteiger partial charge in [-0.15, -0.1) is 10.7 Å². The summed E-state index contributed by atoms with van der Waals surface area (Å²) in [6.07, 6.45) is 0. The van der Waals surface area contributed by atoms with Gasteiger partial charge < -0.3 is 0 Å². The van der Waals surface area contributed by atoms with Gasteiger partial charge in [0.25, 0.3) is 0 Å². The third-order valence-electron chi connectivity index (χ3n) is 2.50. The number of hydrogen-bond acceptors (Lipinski definition) is 4. The van der Waals surface area contributed by atoms with E-state index in [1.54, 1.807) is 5.17 Å². The van der Waals surface area contributed by atoms with Crippen molar-refractivity contribution < 1.29 is 9.41 Å². The topological polar surface area (TPSA) is 42.8 Å². The molecule has 0 fully saturated rings. The molecule has 17 heavy (non-hydrogen) atoms. The van der Waals surface area contributed by atoms with E-state index < -0.39 is 0 Å². The van der Waals surface area contributed by atoms with Crippen LogP contribution in [0.15, 0.2) is 24.3 Å². The van der Waals surface area contributed by atoms with Crippen LogP contribution in [0.5, 0.6) is 0 Å². The van der Waals surface area contributed by atoms with Crippen LogP contribution < -0.4 is 21.0 Å². The van der Waals surface area contributed by atoms with Crippen LogP contribution in [0.25, 0.3) is 0 Å². The number of nitrogens with zero attached hydrogens (tertiary/aromatic N) is 3. The molecule has 0 atom stereocenters. The van der Waals surface area contributed by atoms with Gasteiger partial charge >= 0.3 is 6.02 Å². The van der Waals surface area contributed by atoms with E-state index in [9.17, 15) is 0 Å². The smallest absolute Gasteiger partial charge is 0.289 e. The Labute approximate surface area is 101 Å². The van der Waals surface area contributed by atoms with E-state index in [1.165, 1.54) is 0 Å². The van der Waals surface area contributed by atoms with Crippen LogP contribution >= 0.6 is 0 Å². The second-order valence-electron chi connectivity index (χ2n) is 3.98. The van der Waals surface area contributed by atoms with E-state index >= 15 is 0 Å². The van der Waals surface area contributed by atoms with Crippen LogP contribution in [0.4, 0.5) is 11.4 Å². The minimum atomic E-state index is 0.655. The fourth-order valence-electron chi connectivity index (χ4n) is 1.67. The Hall–Kier alpha value is -1.95. The zero-order valence-electron chi connectivity index (χ0n) is 10.6. The molecule has 2 rings (SSSR count). The summed E-state index contributed by atoms with van der Waals surface area (Å²) >= 11 is 0. The summed E-state index contributed by atoms with van der Waals surface area (Å²) in [5.41, 5.74) is 5.14. The Bertz CT molecular complexity index is 441. The summed E-state index contributed by atoms with van der Waals surface area (Å²) in [6, 6.07) is 8.65. The van der Waals surface area contributed by atoms with Crippen molar-refractivity contribution in [2.45, 2.75) is 0 Å². The number of hydrogen-bond donors (Lipinski definition) is 2. The summed E-state index contributed by atoms with van der Waals surface area (Å²) < 4.78 is 1.86. The molecule has 1 aliphatic heterocycles. The maximum atomic E-state index is 5.73. The molecule has 6 nitrogen and oxygen atoms in total. The molecule has 1 heterocycles. The fraction of sp³-hybridized carbons (Fsp3) is 0.364. The molecule has 1 aromatic rings. The van der Waals surface area contributed by atoms with E-state index in [1.807, 2.05) is 62.0 Å². The number of fused-ring (bicyclic) bond motifs is 1. The van der Waals surface area contributed by atoms with E-state index in [-0.39, 0.29) is 0 Å². The Balaban J connectivity index is 2.23. The molecule has 0 aliphatic carbocycles. The van der Waals surface area contributed by atoms with Gasteiger partial charge in [-0.1, -0.05) is 12.1 Å². The summed E-state index contributed by atoms with van der Waals surface area (Å²) in [4.78, 5) is 5.73. The van der Waals surface area contributed by atoms with E-state index in [4.69, 9.17) is 4.84 Å². The van der Waals surface area contributed by atoms with Crippen molar-refractivity contribution in [2.24, 2.45) is 0 Å². The van der Waals surface area contributed by atoms with Crippen LogP contribution in [0.3, 0.4) is 0 Å². The molecule has 0 radical (unpaired) electrons. The lowest BCUT2D eigenvalue weighted by atomic mass is 10.3. The number of para-hydroxylation sites is 2. The largest absolute Gasteiger partial charge is 0.469 e. The van der Waals surface area contributed by atoms with E-state index in [0.29, 0.717) is 6.02 Å². The van der Waals surface area contributed by atoms with Crippen LogP contribution in [0.2, 0.25) is 0 Å². The molecule has 0 amide bonds. The minimum Gasteiger partial charge on any atom is -0.289 e. The summed E-state index contributed by atoms with van der Waals surface area (Å²) in [5.74, 6) is 0. The minimum absolute atomic E-state index is 0.655. The van der Waals surface area contributed by atoms with Crippen molar-refractivity contribution in [2.75, 3.05) is 38.4 Å². The van der Waals surface area contributed by atoms with Crippen molar-refractivity contribution in [3.63, 3.8) is 0 Å². The van der Waals surface area contributed by atoms with Gasteiger partial charge in [-0.2, -0.15) is 0 Å². The molecule has 0 unspecified atom stereocenters. The van der Waals surface area contributed by atoms with Gasteiger partial charge in [0.2, 0.25) is 0 Å². The third-order valence-corrected chi connectivity index (χ3v) is 2.50. The lowest BCUT2D eigenvalue weighted by molar-refractivity contribution is -0.477. The van der Waals surface area contributed by atoms with Crippen molar-refractivity contribution in [1.29, 1.82) is 0 Å². The summed E-state index contributed by atoms with van der Waals surface area (Å²) in [7, 11) is 7.59. The number of nitrogens with one attached hydrogen (secondary N) is 2. The van der Waals surface area contributed by atoms with Gasteiger partial charge in [-0.05, 0) is 12.1 Å². The molecule has 0 saturated heterocycles. The van der Waals surface area contributed by atoms with Crippen molar-refractivity contribution >= 4 is 17.4 Å². The highest BCUT2D eigenvalue weighted by molar-refractivity contribution is 5.76. The SMILES string of the molecule is CNC(ON1NN(C)c2ccccc21)=[N+](C)C. The predicted molar refractivity (Wildman–Crippen MR) is 67.7 cm³/mol. The van der Waals surface area contributed by atoms with Gasteiger partial charge in [0.05, 0.1) is 26.8 Å². The molecular weight excluding hydrogens is 218 g/mol. The van der Waals surface area contributed by atoms with Crippen molar-refractivity contribution in [3.05, 3.63) is 24.3 Å². The number of hydrazine groups is 2. The van der Waals surface area contributed by atoms with Crippen LogP contribution in [-0.4, -0.2) is 38.8 Å². The van der Waals surface area contributed by atoms with Gasteiger partial charge in [0, 0.05) is 7.05 Å². The Kier molecular flexibility index (Phi) is 3.06. The standard InChI is InChI=1S/C11H17N5O/c1-12-11(14(2)3)17-16-10-8-6-5-7-9(10)15(4)13-16/h5-8,13H,1-4H3/p+1. The first-order valence-corrected chi connectivity index (χ1v) is 5.42. The third kappa shape index (κ3) is 2.12. The zero-order valence-corrected chi connectivity index (χ0v) is 10.6. The Morgan fingerprint density at radius 1 is 1.29 bits per heavy atom. The molecular formula is C11H18N5O+. The average Bonchev–Trinajstić information content (AvgIpc) is 2.63. The number of anilines is 2. The number of rotatable bonds is 1. The quantitative estimate of drug-likeness (QED) is 0.412. The van der Waals surface area contributed by atoms with Crippen LogP contribution in [0, 0.1) is 0 Å². The first-order valence-electron chi connectivity index (χ1n) is 5.42. The lowest BCUT2D eigenvalue weighted by Gasteiger charge is -2.18. The maximum Gasteiger partial charge on any atom is 0.469 e. The highest BCUT2D eigenvalue weighted by Crippen LogP contribution is 2.31. The average molecular weight is 236 g/mol. The molecule has 2 N–H and O–H groups in total. The van der Waals surface area contributed by atoms with Crippen molar-refractivity contribution in [1.82, 2.24) is 10.9 Å². The molecule has 1 aromatic carbocycles. The predicted octanol–water partition coefficient (Wildman–Crippen LogP) is 0.142. The van der Waals surface area contributed by atoms with Gasteiger partial charge in [-0.3, -0.25) is 9.85 Å². The van der Waals surface area contributed by atoms with Crippen LogP contribution in [0.1, 0.15) is 0 Å². The van der Waals surface area contributed by atoms with Gasteiger partial charge in [0.1, 0.15) is 5.69 Å². The molecule has 6 heteroatoms. The van der Waals surface area contributed by atoms with Crippen molar-refractivity contribution in [3.8, 4) is 0 Å². The zero-order chi connectivity index (χ0) is 12.4. The monoisotopic (exact) mass is 236 g/mol. The normalized spacial score (nSPS) is 13.4. The van der Waals surface area contributed by atoms with E-state index in [0.717, 1.165) is 11.4 Å². The maximum absolute atomic E-state index is 5.73. The molecule has 0 bridgehead atoms. The van der Waals surface area contributed by atoms with Crippen LogP contribution in [-0.2, 0) is 4.84 Å². The molecule has 1 aliphatic rings. The van der Waals surface area contributed by atoms with E-state index in [2.05, 4.69) is 10.9 Å². The Morgan fingerprint density at radius 3 is 2.53 bits per heavy atom. The molecule has 0 saturated carbocycles. The Morgan fingerprint density at radius 2 is 1.94 bits per heavy atom. The summed E-state index contributed by atoms with van der Waals surface area (Å²) in [5, 5.41) is 6.52. The fourth-order valence-corrected chi connectivity index (χ4v) is 1.67. The molecule has 0 aromatic heterocycles. The second-order valence-corrected chi connectivity index (χ2v) is 3.98. The lowest BCUT2D eigenvalue weighted by Crippen LogP contribution is -2.46. The number of amidine groups is 1. The number of benzene rings is 1. The first-order chi connectivity index (χ1) is 8.13.